The monoisotopic (exact) mass is 419 g/mol. The predicted molar refractivity (Wildman–Crippen MR) is 120 cm³/mol. The van der Waals surface area contributed by atoms with Crippen LogP contribution in [-0.4, -0.2) is 22.2 Å². The zero-order valence-electron chi connectivity index (χ0n) is 16.9. The van der Waals surface area contributed by atoms with Crippen molar-refractivity contribution in [2.24, 2.45) is 14.1 Å². The fourth-order valence-corrected chi connectivity index (χ4v) is 4.22. The fourth-order valence-electron chi connectivity index (χ4n) is 3.28. The molecule has 0 saturated heterocycles. The van der Waals surface area contributed by atoms with Gasteiger partial charge < -0.3 is 10.1 Å². The van der Waals surface area contributed by atoms with E-state index in [0.717, 1.165) is 20.8 Å². The summed E-state index contributed by atoms with van der Waals surface area (Å²) in [6.45, 7) is 0. The van der Waals surface area contributed by atoms with Gasteiger partial charge >= 0.3 is 5.69 Å². The first kappa shape index (κ1) is 19.8. The Kier molecular flexibility index (Phi) is 5.37. The summed E-state index contributed by atoms with van der Waals surface area (Å²) in [6.07, 6.45) is 0. The lowest BCUT2D eigenvalue weighted by molar-refractivity contribution is 0.102. The maximum Gasteiger partial charge on any atom is 0.328 e. The smallest absolute Gasteiger partial charge is 0.328 e. The molecule has 4 aromatic rings. The lowest BCUT2D eigenvalue weighted by Crippen LogP contribution is -2.19. The molecule has 6 nitrogen and oxygen atoms in total. The van der Waals surface area contributed by atoms with Gasteiger partial charge in [0, 0.05) is 29.4 Å². The zero-order valence-corrected chi connectivity index (χ0v) is 17.7. The standard InChI is InChI=1S/C23H21N3O3S/c1-25-19-13-18(24-22(27)15-8-7-9-16(12-15)29-3)21(14-20(19)26(2)23(25)28)30-17-10-5-4-6-11-17/h4-14H,1-3H3,(H,24,27). The first-order valence-electron chi connectivity index (χ1n) is 9.35. The molecule has 1 N–H and O–H groups in total. The van der Waals surface area contributed by atoms with Gasteiger partial charge in [-0.3, -0.25) is 13.9 Å². The van der Waals surface area contributed by atoms with Gasteiger partial charge in [0.05, 0.1) is 23.8 Å². The zero-order chi connectivity index (χ0) is 21.3. The molecule has 0 spiro atoms. The fraction of sp³-hybridized carbons (Fsp3) is 0.130. The predicted octanol–water partition coefficient (Wildman–Crippen LogP) is 4.29. The van der Waals surface area contributed by atoms with Crippen LogP contribution in [-0.2, 0) is 14.1 Å². The van der Waals surface area contributed by atoms with Crippen LogP contribution in [0.1, 0.15) is 10.4 Å². The van der Waals surface area contributed by atoms with Crippen LogP contribution in [0.5, 0.6) is 5.75 Å². The molecule has 0 bridgehead atoms. The van der Waals surface area contributed by atoms with Gasteiger partial charge in [0.25, 0.3) is 5.91 Å². The SMILES string of the molecule is COc1cccc(C(=O)Nc2cc3c(cc2Sc2ccccc2)n(C)c(=O)n3C)c1. The topological polar surface area (TPSA) is 65.3 Å². The molecule has 3 aromatic carbocycles. The Morgan fingerprint density at radius 3 is 2.33 bits per heavy atom. The third-order valence-corrected chi connectivity index (χ3v) is 5.99. The van der Waals surface area contributed by atoms with Crippen LogP contribution in [0.15, 0.2) is 81.3 Å². The Labute approximate surface area is 178 Å². The largest absolute Gasteiger partial charge is 0.497 e. The van der Waals surface area contributed by atoms with Crippen molar-refractivity contribution in [3.63, 3.8) is 0 Å². The van der Waals surface area contributed by atoms with Crippen LogP contribution in [0.25, 0.3) is 11.0 Å². The number of anilines is 1. The van der Waals surface area contributed by atoms with Gasteiger partial charge in [0.15, 0.2) is 0 Å². The quantitative estimate of drug-likeness (QED) is 0.524. The molecule has 7 heteroatoms. The van der Waals surface area contributed by atoms with Crippen molar-refractivity contribution in [1.82, 2.24) is 9.13 Å². The Hall–Kier alpha value is -3.45. The number of carbonyl (C=O) groups is 1. The number of methoxy groups -OCH3 is 1. The number of nitrogens with zero attached hydrogens (tertiary/aromatic N) is 2. The van der Waals surface area contributed by atoms with E-state index < -0.39 is 0 Å². The number of nitrogens with one attached hydrogen (secondary N) is 1. The second-order valence-electron chi connectivity index (χ2n) is 6.84. The number of fused-ring (bicyclic) bond motifs is 1. The molecule has 0 atom stereocenters. The van der Waals surface area contributed by atoms with Crippen molar-refractivity contribution in [3.8, 4) is 5.75 Å². The van der Waals surface area contributed by atoms with Crippen LogP contribution in [0.4, 0.5) is 5.69 Å². The molecule has 0 fully saturated rings. The third kappa shape index (κ3) is 3.71. The van der Waals surface area contributed by atoms with Gasteiger partial charge in [0.2, 0.25) is 0 Å². The summed E-state index contributed by atoms with van der Waals surface area (Å²) in [5, 5.41) is 3.01. The summed E-state index contributed by atoms with van der Waals surface area (Å²) < 4.78 is 8.41. The number of aromatic nitrogens is 2. The number of ether oxygens (including phenoxy) is 1. The number of amides is 1. The molecular weight excluding hydrogens is 398 g/mol. The van der Waals surface area contributed by atoms with E-state index in [-0.39, 0.29) is 11.6 Å². The van der Waals surface area contributed by atoms with Crippen LogP contribution in [0, 0.1) is 0 Å². The Bertz CT molecular complexity index is 1290. The molecule has 152 valence electrons. The van der Waals surface area contributed by atoms with Gasteiger partial charge in [-0.2, -0.15) is 0 Å². The van der Waals surface area contributed by atoms with Crippen molar-refractivity contribution in [1.29, 1.82) is 0 Å². The third-order valence-electron chi connectivity index (χ3n) is 4.92. The molecule has 1 aromatic heterocycles. The van der Waals surface area contributed by atoms with Crippen molar-refractivity contribution in [3.05, 3.63) is 82.8 Å². The number of hydrogen-bond donors (Lipinski definition) is 1. The van der Waals surface area contributed by atoms with Crippen molar-refractivity contribution in [2.75, 3.05) is 12.4 Å². The van der Waals surface area contributed by atoms with E-state index in [1.54, 1.807) is 54.6 Å². The second kappa shape index (κ2) is 8.12. The number of carbonyl (C=O) groups excluding carboxylic acids is 1. The summed E-state index contributed by atoms with van der Waals surface area (Å²) in [7, 11) is 5.04. The van der Waals surface area contributed by atoms with Crippen LogP contribution in [0.3, 0.4) is 0 Å². The molecule has 0 aliphatic carbocycles. The van der Waals surface area contributed by atoms with Gasteiger partial charge in [-0.1, -0.05) is 36.0 Å². The Morgan fingerprint density at radius 1 is 0.933 bits per heavy atom. The van der Waals surface area contributed by atoms with Crippen LogP contribution < -0.4 is 15.7 Å². The summed E-state index contributed by atoms with van der Waals surface area (Å²) in [6, 6.07) is 20.7. The highest BCUT2D eigenvalue weighted by atomic mass is 32.2. The van der Waals surface area contributed by atoms with E-state index in [9.17, 15) is 9.59 Å². The van der Waals surface area contributed by atoms with E-state index in [0.29, 0.717) is 17.0 Å². The summed E-state index contributed by atoms with van der Waals surface area (Å²) in [5.41, 5.74) is 2.58. The summed E-state index contributed by atoms with van der Waals surface area (Å²) in [4.78, 5) is 27.2. The van der Waals surface area contributed by atoms with Crippen LogP contribution >= 0.6 is 11.8 Å². The number of aryl methyl sites for hydroxylation is 2. The molecule has 30 heavy (non-hydrogen) atoms. The first-order chi connectivity index (χ1) is 14.5. The van der Waals surface area contributed by atoms with Gasteiger partial charge in [0.1, 0.15) is 5.75 Å². The maximum absolute atomic E-state index is 12.9. The first-order valence-corrected chi connectivity index (χ1v) is 10.2. The highest BCUT2D eigenvalue weighted by Gasteiger charge is 2.16. The second-order valence-corrected chi connectivity index (χ2v) is 7.95. The molecule has 1 amide bonds. The molecule has 0 radical (unpaired) electrons. The highest BCUT2D eigenvalue weighted by Crippen LogP contribution is 2.36. The van der Waals surface area contributed by atoms with Gasteiger partial charge in [-0.15, -0.1) is 0 Å². The van der Waals surface area contributed by atoms with E-state index >= 15 is 0 Å². The Balaban J connectivity index is 1.79. The van der Waals surface area contributed by atoms with E-state index in [1.807, 2.05) is 42.5 Å². The number of rotatable bonds is 5. The molecule has 4 rings (SSSR count). The minimum atomic E-state index is -0.246. The molecule has 1 heterocycles. The van der Waals surface area contributed by atoms with Gasteiger partial charge in [-0.05, 0) is 42.5 Å². The molecule has 0 aliphatic rings. The summed E-state index contributed by atoms with van der Waals surface area (Å²) in [5.74, 6) is 0.367. The average Bonchev–Trinajstić information content (AvgIpc) is 2.98. The maximum atomic E-state index is 12.9. The van der Waals surface area contributed by atoms with Crippen molar-refractivity contribution >= 4 is 34.4 Å². The number of imidazole rings is 1. The number of benzene rings is 3. The van der Waals surface area contributed by atoms with E-state index in [4.69, 9.17) is 4.74 Å². The molecule has 0 saturated carbocycles. The molecule has 0 aliphatic heterocycles. The molecule has 0 unspecified atom stereocenters. The average molecular weight is 420 g/mol. The van der Waals surface area contributed by atoms with Crippen LogP contribution in [0.2, 0.25) is 0 Å². The van der Waals surface area contributed by atoms with E-state index in [1.165, 1.54) is 11.8 Å². The lowest BCUT2D eigenvalue weighted by Gasteiger charge is -2.13. The minimum Gasteiger partial charge on any atom is -0.497 e. The van der Waals surface area contributed by atoms with E-state index in [2.05, 4.69) is 5.32 Å². The molecular formula is C23H21N3O3S. The lowest BCUT2D eigenvalue weighted by atomic mass is 10.2. The summed E-state index contributed by atoms with van der Waals surface area (Å²) >= 11 is 1.53. The normalized spacial score (nSPS) is 10.9. The highest BCUT2D eigenvalue weighted by molar-refractivity contribution is 7.99. The van der Waals surface area contributed by atoms with Crippen molar-refractivity contribution < 1.29 is 9.53 Å². The van der Waals surface area contributed by atoms with Gasteiger partial charge in [-0.25, -0.2) is 4.79 Å². The Morgan fingerprint density at radius 2 is 1.63 bits per heavy atom. The number of hydrogen-bond acceptors (Lipinski definition) is 4. The van der Waals surface area contributed by atoms with Crippen molar-refractivity contribution in [2.45, 2.75) is 9.79 Å². The minimum absolute atomic E-state index is 0.114.